The quantitative estimate of drug-likeness (QED) is 0.896. The molecule has 2 amide bonds. The number of hydrogen-bond acceptors (Lipinski definition) is 3. The van der Waals surface area contributed by atoms with Gasteiger partial charge >= 0.3 is 0 Å². The van der Waals surface area contributed by atoms with Crippen molar-refractivity contribution >= 4 is 23.3 Å². The van der Waals surface area contributed by atoms with Gasteiger partial charge in [0.25, 0.3) is 0 Å². The summed E-state index contributed by atoms with van der Waals surface area (Å²) in [5, 5.41) is 2.88. The van der Waals surface area contributed by atoms with Crippen LogP contribution in [0.3, 0.4) is 0 Å². The number of anilines is 1. The fourth-order valence-corrected chi connectivity index (χ4v) is 3.66. The van der Waals surface area contributed by atoms with E-state index in [0.717, 1.165) is 19.3 Å². The molecule has 5 heteroatoms. The maximum Gasteiger partial charge on any atom is 0.248 e. The molecule has 2 saturated carbocycles. The number of ketones is 1. The van der Waals surface area contributed by atoms with E-state index >= 15 is 0 Å². The van der Waals surface area contributed by atoms with Gasteiger partial charge in [0.2, 0.25) is 11.8 Å². The Hall–Kier alpha value is -2.17. The fraction of sp³-hybridized carbons (Fsp3) is 0.471. The number of rotatable bonds is 3. The predicted molar refractivity (Wildman–Crippen MR) is 82.2 cm³/mol. The summed E-state index contributed by atoms with van der Waals surface area (Å²) in [5.74, 6) is -0.112. The second-order valence-electron chi connectivity index (χ2n) is 6.33. The lowest BCUT2D eigenvalue weighted by Gasteiger charge is -2.36. The third kappa shape index (κ3) is 2.89. The highest BCUT2D eigenvalue weighted by molar-refractivity contribution is 5.96. The number of nitrogens with one attached hydrogen (secondary N) is 1. The maximum atomic E-state index is 12.4. The van der Waals surface area contributed by atoms with Crippen molar-refractivity contribution in [2.24, 2.45) is 23.5 Å². The number of fused-ring (bicyclic) bond motifs is 2. The number of amides is 2. The molecule has 2 aliphatic rings. The van der Waals surface area contributed by atoms with Gasteiger partial charge in [0.05, 0.1) is 0 Å². The topological polar surface area (TPSA) is 89.3 Å². The van der Waals surface area contributed by atoms with Crippen LogP contribution in [0.25, 0.3) is 0 Å². The molecule has 116 valence electrons. The van der Waals surface area contributed by atoms with E-state index in [9.17, 15) is 14.4 Å². The van der Waals surface area contributed by atoms with E-state index in [1.54, 1.807) is 24.3 Å². The average Bonchev–Trinajstić information content (AvgIpc) is 2.47. The zero-order chi connectivity index (χ0) is 15.7. The first-order valence-corrected chi connectivity index (χ1v) is 7.79. The van der Waals surface area contributed by atoms with Crippen molar-refractivity contribution in [2.45, 2.75) is 32.1 Å². The molecule has 2 fully saturated rings. The van der Waals surface area contributed by atoms with Crippen LogP contribution in [0.15, 0.2) is 24.3 Å². The second kappa shape index (κ2) is 5.91. The van der Waals surface area contributed by atoms with Crippen molar-refractivity contribution in [3.8, 4) is 0 Å². The van der Waals surface area contributed by atoms with Crippen LogP contribution in [-0.4, -0.2) is 17.6 Å². The first-order chi connectivity index (χ1) is 10.5. The van der Waals surface area contributed by atoms with Gasteiger partial charge in [0, 0.05) is 29.0 Å². The molecular weight excluding hydrogens is 280 g/mol. The highest BCUT2D eigenvalue weighted by atomic mass is 16.2. The Balaban J connectivity index is 1.64. The van der Waals surface area contributed by atoms with Crippen LogP contribution in [0.4, 0.5) is 5.69 Å². The number of nitrogens with two attached hydrogens (primary N) is 1. The molecule has 1 aromatic carbocycles. The first kappa shape index (κ1) is 14.8. The van der Waals surface area contributed by atoms with E-state index in [4.69, 9.17) is 5.73 Å². The Morgan fingerprint density at radius 3 is 2.18 bits per heavy atom. The summed E-state index contributed by atoms with van der Waals surface area (Å²) in [4.78, 5) is 35.5. The Labute approximate surface area is 129 Å². The summed E-state index contributed by atoms with van der Waals surface area (Å²) in [7, 11) is 0. The first-order valence-electron chi connectivity index (χ1n) is 7.79. The maximum absolute atomic E-state index is 12.4. The molecule has 3 N–H and O–H groups in total. The van der Waals surface area contributed by atoms with Gasteiger partial charge in [-0.3, -0.25) is 14.4 Å². The van der Waals surface area contributed by atoms with Crippen LogP contribution >= 0.6 is 0 Å². The molecule has 3 rings (SSSR count). The summed E-state index contributed by atoms with van der Waals surface area (Å²) in [6, 6.07) is 6.54. The van der Waals surface area contributed by atoms with Crippen molar-refractivity contribution < 1.29 is 14.4 Å². The number of primary amides is 1. The molecule has 2 bridgehead atoms. The van der Waals surface area contributed by atoms with Gasteiger partial charge in [-0.25, -0.2) is 0 Å². The van der Waals surface area contributed by atoms with Gasteiger partial charge in [-0.2, -0.15) is 0 Å². The number of benzene rings is 1. The minimum Gasteiger partial charge on any atom is -0.366 e. The van der Waals surface area contributed by atoms with Crippen molar-refractivity contribution in [3.63, 3.8) is 0 Å². The van der Waals surface area contributed by atoms with Gasteiger partial charge in [0.1, 0.15) is 5.78 Å². The Kier molecular flexibility index (Phi) is 3.96. The van der Waals surface area contributed by atoms with Gasteiger partial charge in [-0.05, 0) is 49.9 Å². The van der Waals surface area contributed by atoms with Crippen LogP contribution in [0, 0.1) is 17.8 Å². The Morgan fingerprint density at radius 1 is 1.05 bits per heavy atom. The van der Waals surface area contributed by atoms with Crippen LogP contribution < -0.4 is 11.1 Å². The molecule has 0 spiro atoms. The summed E-state index contributed by atoms with van der Waals surface area (Å²) in [5.41, 5.74) is 6.25. The van der Waals surface area contributed by atoms with Crippen LogP contribution in [-0.2, 0) is 9.59 Å². The smallest absolute Gasteiger partial charge is 0.248 e. The van der Waals surface area contributed by atoms with Gasteiger partial charge in [0.15, 0.2) is 0 Å². The molecule has 22 heavy (non-hydrogen) atoms. The predicted octanol–water partition coefficient (Wildman–Crippen LogP) is 2.12. The minimum atomic E-state index is -0.489. The molecule has 1 unspecified atom stereocenters. The van der Waals surface area contributed by atoms with E-state index in [1.807, 2.05) is 0 Å². The lowest BCUT2D eigenvalue weighted by Crippen LogP contribution is -2.40. The largest absolute Gasteiger partial charge is 0.366 e. The molecule has 1 aromatic rings. The highest BCUT2D eigenvalue weighted by Gasteiger charge is 2.41. The lowest BCUT2D eigenvalue weighted by atomic mass is 9.67. The van der Waals surface area contributed by atoms with Crippen molar-refractivity contribution in [1.29, 1.82) is 0 Å². The molecule has 0 saturated heterocycles. The zero-order valence-corrected chi connectivity index (χ0v) is 12.4. The number of hydrogen-bond donors (Lipinski definition) is 2. The molecule has 0 heterocycles. The van der Waals surface area contributed by atoms with Gasteiger partial charge < -0.3 is 11.1 Å². The van der Waals surface area contributed by atoms with E-state index in [1.165, 1.54) is 0 Å². The molecule has 0 aliphatic heterocycles. The normalized spacial score (nSPS) is 27.3. The Bertz CT molecular complexity index is 593. The van der Waals surface area contributed by atoms with Crippen molar-refractivity contribution in [1.82, 2.24) is 0 Å². The molecule has 0 radical (unpaired) electrons. The van der Waals surface area contributed by atoms with Gasteiger partial charge in [-0.1, -0.05) is 6.42 Å². The fourth-order valence-electron chi connectivity index (χ4n) is 3.66. The molecule has 3 atom stereocenters. The summed E-state index contributed by atoms with van der Waals surface area (Å²) < 4.78 is 0. The average molecular weight is 300 g/mol. The number of Topliss-reactive ketones (excluding diaryl/α,β-unsaturated/α-hetero) is 1. The van der Waals surface area contributed by atoms with Gasteiger partial charge in [-0.15, -0.1) is 0 Å². The molecule has 0 aromatic heterocycles. The SMILES string of the molecule is NC(=O)c1ccc(NC(=O)C2C[C@H]3CCC[C@@H](C2)C3=O)cc1. The standard InChI is InChI=1S/C17H20N2O3/c18-16(21)10-4-6-14(7-5-10)19-17(22)13-8-11-2-1-3-12(9-13)15(11)20/h4-7,11-13H,1-3,8-9H2,(H2,18,21)(H,19,22)/t11-,12+,13?. The second-order valence-corrected chi connectivity index (χ2v) is 6.33. The third-order valence-corrected chi connectivity index (χ3v) is 4.86. The zero-order valence-electron chi connectivity index (χ0n) is 12.4. The number of carbonyl (C=O) groups excluding carboxylic acids is 3. The Morgan fingerprint density at radius 2 is 1.64 bits per heavy atom. The molecule has 2 aliphatic carbocycles. The van der Waals surface area contributed by atoms with Crippen molar-refractivity contribution in [2.75, 3.05) is 5.32 Å². The summed E-state index contributed by atoms with van der Waals surface area (Å²) in [6.45, 7) is 0. The summed E-state index contributed by atoms with van der Waals surface area (Å²) >= 11 is 0. The monoisotopic (exact) mass is 300 g/mol. The van der Waals surface area contributed by atoms with E-state index < -0.39 is 5.91 Å². The lowest BCUT2D eigenvalue weighted by molar-refractivity contribution is -0.136. The van der Waals surface area contributed by atoms with Crippen LogP contribution in [0.2, 0.25) is 0 Å². The van der Waals surface area contributed by atoms with E-state index in [2.05, 4.69) is 5.32 Å². The molecule has 5 nitrogen and oxygen atoms in total. The highest BCUT2D eigenvalue weighted by Crippen LogP contribution is 2.40. The minimum absolute atomic E-state index is 0.0313. The molecular formula is C17H20N2O3. The number of carbonyl (C=O) groups is 3. The van der Waals surface area contributed by atoms with Crippen LogP contribution in [0.5, 0.6) is 0 Å². The van der Waals surface area contributed by atoms with Crippen molar-refractivity contribution in [3.05, 3.63) is 29.8 Å². The van der Waals surface area contributed by atoms with Crippen LogP contribution in [0.1, 0.15) is 42.5 Å². The third-order valence-electron chi connectivity index (χ3n) is 4.86. The summed E-state index contributed by atoms with van der Waals surface area (Å²) in [6.07, 6.45) is 4.28. The van der Waals surface area contributed by atoms with E-state index in [-0.39, 0.29) is 23.7 Å². The van der Waals surface area contributed by atoms with E-state index in [0.29, 0.717) is 29.9 Å².